The number of fused-ring (bicyclic) bond motifs is 7. The third kappa shape index (κ3) is 6.09. The zero-order valence-electron chi connectivity index (χ0n) is 33.1. The van der Waals surface area contributed by atoms with Crippen molar-refractivity contribution in [3.63, 3.8) is 0 Å². The van der Waals surface area contributed by atoms with Crippen LogP contribution in [0.1, 0.15) is 0 Å². The Bertz CT molecular complexity index is 3570. The van der Waals surface area contributed by atoms with Crippen LogP contribution in [-0.2, 0) is 0 Å². The first-order valence-electron chi connectivity index (χ1n) is 20.7. The molecule has 61 heavy (non-hydrogen) atoms. The van der Waals surface area contributed by atoms with Crippen LogP contribution in [0.2, 0.25) is 0 Å². The second-order valence-corrected chi connectivity index (χ2v) is 16.7. The van der Waals surface area contributed by atoms with E-state index in [1.54, 1.807) is 0 Å². The summed E-state index contributed by atoms with van der Waals surface area (Å²) in [6.45, 7) is 0. The highest BCUT2D eigenvalue weighted by Gasteiger charge is 2.20. The van der Waals surface area contributed by atoms with E-state index in [-0.39, 0.29) is 0 Å². The summed E-state index contributed by atoms with van der Waals surface area (Å²) in [7, 11) is 0. The van der Waals surface area contributed by atoms with E-state index in [1.165, 1.54) is 64.3 Å². The molecule has 286 valence electrons. The summed E-state index contributed by atoms with van der Waals surface area (Å²) in [5.41, 5.74) is 14.6. The molecule has 2 nitrogen and oxygen atoms in total. The van der Waals surface area contributed by atoms with Gasteiger partial charge in [0.25, 0.3) is 0 Å². The van der Waals surface area contributed by atoms with Gasteiger partial charge in [-0.15, -0.1) is 11.3 Å². The molecule has 0 aliphatic heterocycles. The Kier molecular flexibility index (Phi) is 8.39. The van der Waals surface area contributed by atoms with Gasteiger partial charge in [0, 0.05) is 53.4 Å². The van der Waals surface area contributed by atoms with E-state index in [4.69, 9.17) is 4.42 Å². The van der Waals surface area contributed by atoms with Crippen molar-refractivity contribution in [3.05, 3.63) is 224 Å². The van der Waals surface area contributed by atoms with Gasteiger partial charge in [0.2, 0.25) is 0 Å². The highest BCUT2D eigenvalue weighted by molar-refractivity contribution is 7.26. The number of para-hydroxylation sites is 2. The molecular weight excluding hydrogens is 759 g/mol. The summed E-state index contributed by atoms with van der Waals surface area (Å²) in [6.07, 6.45) is 0. The lowest BCUT2D eigenvalue weighted by Crippen LogP contribution is -2.11. The van der Waals surface area contributed by atoms with Crippen molar-refractivity contribution in [2.75, 3.05) is 4.90 Å². The molecule has 0 saturated carbocycles. The third-order valence-corrected chi connectivity index (χ3v) is 13.3. The molecular formula is C58H37NOS. The molecule has 0 atom stereocenters. The first-order chi connectivity index (χ1) is 30.2. The topological polar surface area (TPSA) is 16.4 Å². The molecule has 0 radical (unpaired) electrons. The lowest BCUT2D eigenvalue weighted by molar-refractivity contribution is 0.669. The number of rotatable bonds is 7. The standard InChI is InChI=1S/C58H37NOS/c1-2-13-46-41(11-1)12-9-17-47(46)42-25-23-38(24-26-42)39-27-32-44(33-28-39)59(45-34-29-40(30-35-45)43-31-36-50-49-15-4-7-21-55(49)60-56(50)37-43)54-20-6-3-14-48(54)52-18-10-19-53-51-16-5-8-22-57(51)61-58(52)53/h1-37H. The first-order valence-corrected chi connectivity index (χ1v) is 21.6. The number of thiophene rings is 1. The number of furan rings is 1. The Morgan fingerprint density at radius 3 is 1.66 bits per heavy atom. The number of benzene rings is 10. The predicted molar refractivity (Wildman–Crippen MR) is 261 cm³/mol. The van der Waals surface area contributed by atoms with Crippen LogP contribution in [0.5, 0.6) is 0 Å². The molecule has 0 aliphatic carbocycles. The smallest absolute Gasteiger partial charge is 0.136 e. The van der Waals surface area contributed by atoms with Crippen molar-refractivity contribution in [2.45, 2.75) is 0 Å². The van der Waals surface area contributed by atoms with Crippen molar-refractivity contribution >= 4 is 81.3 Å². The fourth-order valence-corrected chi connectivity index (χ4v) is 10.3. The fourth-order valence-electron chi connectivity index (χ4n) is 9.11. The van der Waals surface area contributed by atoms with Gasteiger partial charge in [-0.25, -0.2) is 0 Å². The van der Waals surface area contributed by atoms with Crippen LogP contribution in [0, 0.1) is 0 Å². The molecule has 2 heterocycles. The normalized spacial score (nSPS) is 11.6. The summed E-state index contributed by atoms with van der Waals surface area (Å²) in [4.78, 5) is 2.40. The number of anilines is 3. The predicted octanol–water partition coefficient (Wildman–Crippen LogP) is 17.2. The molecule has 10 aromatic carbocycles. The van der Waals surface area contributed by atoms with E-state index >= 15 is 0 Å². The molecule has 0 amide bonds. The maximum atomic E-state index is 6.27. The second kappa shape index (κ2) is 14.5. The average Bonchev–Trinajstić information content (AvgIpc) is 3.91. The number of hydrogen-bond donors (Lipinski definition) is 0. The molecule has 0 bridgehead atoms. The third-order valence-electron chi connectivity index (χ3n) is 12.1. The molecule has 3 heteroatoms. The summed E-state index contributed by atoms with van der Waals surface area (Å²) in [6, 6.07) is 81.2. The SMILES string of the molecule is c1ccc(N(c2ccc(-c3ccc(-c4cccc5ccccc45)cc3)cc2)c2ccc(-c3ccc4c(c3)oc3ccccc34)cc2)c(-c2cccc3c2sc2ccccc23)c1. The van der Waals surface area contributed by atoms with Crippen molar-refractivity contribution in [2.24, 2.45) is 0 Å². The molecule has 12 rings (SSSR count). The van der Waals surface area contributed by atoms with Crippen molar-refractivity contribution in [1.82, 2.24) is 0 Å². The lowest BCUT2D eigenvalue weighted by Gasteiger charge is -2.28. The zero-order chi connectivity index (χ0) is 40.3. The summed E-state index contributed by atoms with van der Waals surface area (Å²) in [5.74, 6) is 0. The van der Waals surface area contributed by atoms with Crippen molar-refractivity contribution in [1.29, 1.82) is 0 Å². The minimum absolute atomic E-state index is 0.900. The second-order valence-electron chi connectivity index (χ2n) is 15.6. The molecule has 0 N–H and O–H groups in total. The summed E-state index contributed by atoms with van der Waals surface area (Å²) < 4.78 is 8.88. The van der Waals surface area contributed by atoms with Crippen LogP contribution in [0.25, 0.3) is 97.4 Å². The zero-order valence-corrected chi connectivity index (χ0v) is 33.9. The van der Waals surface area contributed by atoms with Crippen LogP contribution in [0.3, 0.4) is 0 Å². The van der Waals surface area contributed by atoms with Gasteiger partial charge in [-0.3, -0.25) is 0 Å². The molecule has 12 aromatic rings. The number of nitrogens with zero attached hydrogens (tertiary/aromatic N) is 1. The van der Waals surface area contributed by atoms with Crippen LogP contribution in [0.4, 0.5) is 17.1 Å². The Morgan fingerprint density at radius 1 is 0.328 bits per heavy atom. The average molecular weight is 796 g/mol. The van der Waals surface area contributed by atoms with Crippen LogP contribution < -0.4 is 4.90 Å². The van der Waals surface area contributed by atoms with Gasteiger partial charge in [0.15, 0.2) is 0 Å². The van der Waals surface area contributed by atoms with Gasteiger partial charge in [-0.05, 0) is 98.8 Å². The van der Waals surface area contributed by atoms with E-state index < -0.39 is 0 Å². The van der Waals surface area contributed by atoms with Crippen molar-refractivity contribution in [3.8, 4) is 44.5 Å². The van der Waals surface area contributed by atoms with Crippen LogP contribution in [-0.4, -0.2) is 0 Å². The Morgan fingerprint density at radius 2 is 0.852 bits per heavy atom. The van der Waals surface area contributed by atoms with Gasteiger partial charge in [-0.1, -0.05) is 170 Å². The van der Waals surface area contributed by atoms with Gasteiger partial charge in [0.1, 0.15) is 11.2 Å². The molecule has 2 aromatic heterocycles. The van der Waals surface area contributed by atoms with Gasteiger partial charge < -0.3 is 9.32 Å². The van der Waals surface area contributed by atoms with Gasteiger partial charge >= 0.3 is 0 Å². The monoisotopic (exact) mass is 795 g/mol. The Labute approximate surface area is 357 Å². The van der Waals surface area contributed by atoms with Crippen molar-refractivity contribution < 1.29 is 4.42 Å². The Hall–Kier alpha value is -7.72. The minimum atomic E-state index is 0.900. The largest absolute Gasteiger partial charge is 0.456 e. The molecule has 0 aliphatic rings. The first kappa shape index (κ1) is 35.2. The maximum Gasteiger partial charge on any atom is 0.136 e. The molecule has 0 fully saturated rings. The molecule has 0 spiro atoms. The highest BCUT2D eigenvalue weighted by Crippen LogP contribution is 2.46. The van der Waals surface area contributed by atoms with Crippen LogP contribution >= 0.6 is 11.3 Å². The minimum Gasteiger partial charge on any atom is -0.456 e. The summed E-state index contributed by atoms with van der Waals surface area (Å²) >= 11 is 1.87. The Balaban J connectivity index is 0.951. The van der Waals surface area contributed by atoms with Gasteiger partial charge in [0.05, 0.1) is 5.69 Å². The van der Waals surface area contributed by atoms with E-state index in [0.29, 0.717) is 0 Å². The highest BCUT2D eigenvalue weighted by atomic mass is 32.1. The van der Waals surface area contributed by atoms with E-state index in [9.17, 15) is 0 Å². The van der Waals surface area contributed by atoms with Crippen LogP contribution in [0.15, 0.2) is 229 Å². The fraction of sp³-hybridized carbons (Fsp3) is 0. The lowest BCUT2D eigenvalue weighted by atomic mass is 9.96. The quantitative estimate of drug-likeness (QED) is 0.160. The molecule has 0 saturated heterocycles. The van der Waals surface area contributed by atoms with E-state index in [2.05, 4.69) is 217 Å². The number of hydrogen-bond acceptors (Lipinski definition) is 3. The van der Waals surface area contributed by atoms with E-state index in [0.717, 1.165) is 50.1 Å². The maximum absolute atomic E-state index is 6.27. The van der Waals surface area contributed by atoms with Gasteiger partial charge in [-0.2, -0.15) is 0 Å². The van der Waals surface area contributed by atoms with E-state index in [1.807, 2.05) is 23.5 Å². The molecule has 0 unspecified atom stereocenters. The summed E-state index contributed by atoms with van der Waals surface area (Å²) in [5, 5.41) is 7.40.